The van der Waals surface area contributed by atoms with Crippen molar-refractivity contribution in [3.63, 3.8) is 0 Å². The van der Waals surface area contributed by atoms with E-state index < -0.39 is 0 Å². The van der Waals surface area contributed by atoms with Crippen molar-refractivity contribution in [2.75, 3.05) is 0 Å². The smallest absolute Gasteiger partial charge is 0.161 e. The molecule has 1 aromatic rings. The molecule has 0 bridgehead atoms. The molecule has 2 aliphatic rings. The normalized spacial score (nSPS) is 27.1. The van der Waals surface area contributed by atoms with Gasteiger partial charge in [-0.1, -0.05) is 40.2 Å². The van der Waals surface area contributed by atoms with Gasteiger partial charge in [-0.15, -0.1) is 0 Å². The largest absolute Gasteiger partial charge is 0.504 e. The molecule has 2 N–H and O–H groups in total. The van der Waals surface area contributed by atoms with Crippen molar-refractivity contribution >= 4 is 0 Å². The maximum absolute atomic E-state index is 10.6. The van der Waals surface area contributed by atoms with Crippen LogP contribution in [-0.2, 0) is 12.8 Å². The van der Waals surface area contributed by atoms with Crippen LogP contribution in [0.3, 0.4) is 0 Å². The van der Waals surface area contributed by atoms with Crippen LogP contribution in [0.1, 0.15) is 76.0 Å². The Morgan fingerprint density at radius 1 is 1.14 bits per heavy atom. The Bertz CT molecular complexity index is 572. The van der Waals surface area contributed by atoms with Gasteiger partial charge in [0.05, 0.1) is 0 Å². The molecule has 2 nitrogen and oxygen atoms in total. The molecule has 1 unspecified atom stereocenters. The molecule has 0 aliphatic heterocycles. The number of aromatic hydroxyl groups is 2. The van der Waals surface area contributed by atoms with Crippen LogP contribution in [0, 0.1) is 17.3 Å². The molecule has 1 saturated carbocycles. The predicted molar refractivity (Wildman–Crippen MR) is 90.5 cm³/mol. The van der Waals surface area contributed by atoms with Crippen molar-refractivity contribution in [3.05, 3.63) is 22.8 Å². The lowest BCUT2D eigenvalue weighted by Crippen LogP contribution is -2.35. The molecule has 0 aromatic heterocycles. The fourth-order valence-electron chi connectivity index (χ4n) is 4.95. The van der Waals surface area contributed by atoms with Gasteiger partial charge in [-0.05, 0) is 60.8 Å². The third-order valence-electron chi connectivity index (χ3n) is 6.28. The van der Waals surface area contributed by atoms with E-state index in [1.165, 1.54) is 31.2 Å². The summed E-state index contributed by atoms with van der Waals surface area (Å²) in [5.74, 6) is 1.89. The molecule has 0 amide bonds. The monoisotopic (exact) mass is 302 g/mol. The van der Waals surface area contributed by atoms with Crippen LogP contribution >= 0.6 is 0 Å². The summed E-state index contributed by atoms with van der Waals surface area (Å²) >= 11 is 0. The molecule has 2 atom stereocenters. The molecular formula is C20H30O2. The van der Waals surface area contributed by atoms with Gasteiger partial charge in [0, 0.05) is 11.1 Å². The minimum atomic E-state index is 0.113. The summed E-state index contributed by atoms with van der Waals surface area (Å²) in [6.45, 7) is 8.97. The van der Waals surface area contributed by atoms with Gasteiger partial charge in [0.25, 0.3) is 0 Å². The summed E-state index contributed by atoms with van der Waals surface area (Å²) < 4.78 is 0. The molecule has 3 rings (SSSR count). The highest BCUT2D eigenvalue weighted by Gasteiger charge is 2.40. The Hall–Kier alpha value is -1.18. The Kier molecular flexibility index (Phi) is 3.91. The second-order valence-corrected chi connectivity index (χ2v) is 8.45. The molecule has 0 heterocycles. The maximum atomic E-state index is 10.6. The van der Waals surface area contributed by atoms with E-state index in [2.05, 4.69) is 33.8 Å². The van der Waals surface area contributed by atoms with Crippen molar-refractivity contribution in [3.8, 4) is 11.5 Å². The lowest BCUT2D eigenvalue weighted by atomic mass is 9.62. The molecule has 0 radical (unpaired) electrons. The highest BCUT2D eigenvalue weighted by molar-refractivity contribution is 5.55. The Labute approximate surface area is 134 Å². The quantitative estimate of drug-likeness (QED) is 0.704. The summed E-state index contributed by atoms with van der Waals surface area (Å²) in [5, 5.41) is 20.9. The maximum Gasteiger partial charge on any atom is 0.161 e. The van der Waals surface area contributed by atoms with Crippen LogP contribution in [0.15, 0.2) is 6.07 Å². The van der Waals surface area contributed by atoms with Crippen molar-refractivity contribution in [1.29, 1.82) is 0 Å². The number of rotatable bonds is 1. The van der Waals surface area contributed by atoms with E-state index in [1.54, 1.807) is 0 Å². The van der Waals surface area contributed by atoms with Crippen molar-refractivity contribution in [1.82, 2.24) is 0 Å². The molecule has 1 fully saturated rings. The topological polar surface area (TPSA) is 40.5 Å². The second kappa shape index (κ2) is 5.47. The molecule has 22 heavy (non-hydrogen) atoms. The molecule has 0 saturated heterocycles. The van der Waals surface area contributed by atoms with Crippen molar-refractivity contribution < 1.29 is 10.2 Å². The standard InChI is InChI=1S/C20H30O2/c1-12(2)15-10-13-7-8-17-14(6-5-9-20(17,3)4)11-16(13)19(22)18(15)21/h10,12,14,17,21-22H,5-9,11H2,1-4H3/t14?,17-/m1/s1. The molecule has 2 aliphatic carbocycles. The Morgan fingerprint density at radius 2 is 1.86 bits per heavy atom. The van der Waals surface area contributed by atoms with E-state index in [0.717, 1.165) is 29.9 Å². The van der Waals surface area contributed by atoms with E-state index in [9.17, 15) is 10.2 Å². The number of phenolic OH excluding ortho intramolecular Hbond substituents is 2. The Balaban J connectivity index is 2.02. The number of aryl methyl sites for hydroxylation is 1. The first-order valence-electron chi connectivity index (χ1n) is 8.88. The van der Waals surface area contributed by atoms with Crippen LogP contribution in [-0.4, -0.2) is 10.2 Å². The van der Waals surface area contributed by atoms with Gasteiger partial charge in [0.2, 0.25) is 0 Å². The first-order valence-corrected chi connectivity index (χ1v) is 8.88. The molecular weight excluding hydrogens is 272 g/mol. The van der Waals surface area contributed by atoms with Crippen molar-refractivity contribution in [2.24, 2.45) is 17.3 Å². The van der Waals surface area contributed by atoms with Gasteiger partial charge in [-0.3, -0.25) is 0 Å². The third-order valence-corrected chi connectivity index (χ3v) is 6.28. The van der Waals surface area contributed by atoms with Crippen molar-refractivity contribution in [2.45, 2.75) is 72.1 Å². The van der Waals surface area contributed by atoms with Crippen LogP contribution in [0.25, 0.3) is 0 Å². The van der Waals surface area contributed by atoms with Gasteiger partial charge < -0.3 is 10.2 Å². The van der Waals surface area contributed by atoms with E-state index in [4.69, 9.17) is 0 Å². The summed E-state index contributed by atoms with van der Waals surface area (Å²) in [6, 6.07) is 2.15. The van der Waals surface area contributed by atoms with Gasteiger partial charge in [-0.25, -0.2) is 0 Å². The predicted octanol–water partition coefficient (Wildman–Crippen LogP) is 5.15. The zero-order valence-electron chi connectivity index (χ0n) is 14.4. The number of benzene rings is 1. The third kappa shape index (κ3) is 2.51. The zero-order valence-corrected chi connectivity index (χ0v) is 14.4. The van der Waals surface area contributed by atoms with Crippen LogP contribution in [0.2, 0.25) is 0 Å². The average molecular weight is 302 g/mol. The van der Waals surface area contributed by atoms with E-state index in [0.29, 0.717) is 11.3 Å². The first-order chi connectivity index (χ1) is 10.3. The van der Waals surface area contributed by atoms with Crippen LogP contribution < -0.4 is 0 Å². The highest BCUT2D eigenvalue weighted by atomic mass is 16.3. The Morgan fingerprint density at radius 3 is 2.55 bits per heavy atom. The lowest BCUT2D eigenvalue weighted by molar-refractivity contribution is 0.0703. The summed E-state index contributed by atoms with van der Waals surface area (Å²) in [4.78, 5) is 0. The molecule has 2 heteroatoms. The summed E-state index contributed by atoms with van der Waals surface area (Å²) in [5.41, 5.74) is 3.58. The molecule has 0 spiro atoms. The number of hydrogen-bond donors (Lipinski definition) is 2. The van der Waals surface area contributed by atoms with Gasteiger partial charge >= 0.3 is 0 Å². The first kappa shape index (κ1) is 15.7. The minimum absolute atomic E-state index is 0.113. The van der Waals surface area contributed by atoms with Crippen LogP contribution in [0.5, 0.6) is 11.5 Å². The number of fused-ring (bicyclic) bond motifs is 2. The zero-order chi connectivity index (χ0) is 16.1. The molecule has 122 valence electrons. The highest BCUT2D eigenvalue weighted by Crippen LogP contribution is 2.51. The fourth-order valence-corrected chi connectivity index (χ4v) is 4.95. The van der Waals surface area contributed by atoms with Gasteiger partial charge in [0.15, 0.2) is 11.5 Å². The van der Waals surface area contributed by atoms with E-state index >= 15 is 0 Å². The lowest BCUT2D eigenvalue weighted by Gasteiger charge is -2.43. The van der Waals surface area contributed by atoms with Crippen LogP contribution in [0.4, 0.5) is 0 Å². The number of phenols is 2. The number of hydrogen-bond acceptors (Lipinski definition) is 2. The van der Waals surface area contributed by atoms with Gasteiger partial charge in [0.1, 0.15) is 0 Å². The van der Waals surface area contributed by atoms with E-state index in [-0.39, 0.29) is 17.4 Å². The summed E-state index contributed by atoms with van der Waals surface area (Å²) in [7, 11) is 0. The average Bonchev–Trinajstić information content (AvgIpc) is 2.62. The molecule has 1 aromatic carbocycles. The fraction of sp³-hybridized carbons (Fsp3) is 0.700. The van der Waals surface area contributed by atoms with Gasteiger partial charge in [-0.2, -0.15) is 0 Å². The van der Waals surface area contributed by atoms with E-state index in [1.807, 2.05) is 0 Å². The summed E-state index contributed by atoms with van der Waals surface area (Å²) in [6.07, 6.45) is 7.06. The SMILES string of the molecule is CC(C)c1cc2c(c(O)c1O)CC1CCCC(C)(C)[C@@H]1CC2. The second-order valence-electron chi connectivity index (χ2n) is 8.45. The minimum Gasteiger partial charge on any atom is -0.504 e.